The van der Waals surface area contributed by atoms with Gasteiger partial charge in [0.25, 0.3) is 0 Å². The quantitative estimate of drug-likeness (QED) is 0.734. The van der Waals surface area contributed by atoms with Crippen molar-refractivity contribution >= 4 is 5.78 Å². The average molecular weight is 204 g/mol. The summed E-state index contributed by atoms with van der Waals surface area (Å²) >= 11 is 0. The lowest BCUT2D eigenvalue weighted by Gasteiger charge is -2.15. The van der Waals surface area contributed by atoms with Gasteiger partial charge in [0, 0.05) is 5.92 Å². The lowest BCUT2D eigenvalue weighted by Crippen LogP contribution is -2.14. The molecule has 0 aliphatic heterocycles. The van der Waals surface area contributed by atoms with Crippen LogP contribution in [-0.2, 0) is 11.2 Å². The highest BCUT2D eigenvalue weighted by molar-refractivity contribution is 5.78. The molecule has 1 heteroatoms. The summed E-state index contributed by atoms with van der Waals surface area (Å²) in [5.74, 6) is 0.491. The van der Waals surface area contributed by atoms with Gasteiger partial charge >= 0.3 is 0 Å². The van der Waals surface area contributed by atoms with Crippen LogP contribution in [0.25, 0.3) is 0 Å². The number of Topliss-reactive ketones (excluding diaryl/α,β-unsaturated/α-hetero) is 1. The van der Waals surface area contributed by atoms with Crippen LogP contribution >= 0.6 is 0 Å². The van der Waals surface area contributed by atoms with Crippen LogP contribution in [0.2, 0.25) is 0 Å². The third-order valence-electron chi connectivity index (χ3n) is 3.16. The van der Waals surface area contributed by atoms with Gasteiger partial charge in [-0.1, -0.05) is 25.1 Å². The molecule has 15 heavy (non-hydrogen) atoms. The van der Waals surface area contributed by atoms with Crippen molar-refractivity contribution in [3.8, 4) is 0 Å². The minimum Gasteiger partial charge on any atom is -0.300 e. The Bertz CT molecular complexity index is 332. The highest BCUT2D eigenvalue weighted by Gasteiger charge is 2.14. The van der Waals surface area contributed by atoms with Crippen LogP contribution in [0.15, 0.2) is 18.2 Å². The molecule has 0 aliphatic carbocycles. The van der Waals surface area contributed by atoms with Gasteiger partial charge in [0.15, 0.2) is 0 Å². The number of hydrogen-bond donors (Lipinski definition) is 0. The van der Waals surface area contributed by atoms with Gasteiger partial charge in [-0.05, 0) is 50.3 Å². The van der Waals surface area contributed by atoms with Crippen molar-refractivity contribution in [3.63, 3.8) is 0 Å². The molecule has 1 nitrogen and oxygen atoms in total. The van der Waals surface area contributed by atoms with Crippen molar-refractivity contribution in [1.29, 1.82) is 0 Å². The summed E-state index contributed by atoms with van der Waals surface area (Å²) < 4.78 is 0. The standard InChI is InChI=1S/C14H20O/c1-5-13(12(4)15)9-14-10(2)7-6-8-11(14)3/h6-8,13H,5,9H2,1-4H3. The van der Waals surface area contributed by atoms with E-state index in [1.165, 1.54) is 16.7 Å². The molecule has 1 aromatic rings. The summed E-state index contributed by atoms with van der Waals surface area (Å²) in [7, 11) is 0. The second-order valence-electron chi connectivity index (χ2n) is 4.29. The fourth-order valence-electron chi connectivity index (χ4n) is 1.99. The zero-order valence-electron chi connectivity index (χ0n) is 10.1. The summed E-state index contributed by atoms with van der Waals surface area (Å²) in [5, 5.41) is 0. The molecule has 1 unspecified atom stereocenters. The van der Waals surface area contributed by atoms with Crippen LogP contribution in [-0.4, -0.2) is 5.78 Å². The molecule has 0 saturated heterocycles. The summed E-state index contributed by atoms with van der Waals surface area (Å²) in [6.45, 7) is 8.02. The Morgan fingerprint density at radius 3 is 2.20 bits per heavy atom. The molecule has 0 spiro atoms. The maximum atomic E-state index is 11.4. The summed E-state index contributed by atoms with van der Waals surface area (Å²) in [6.07, 6.45) is 1.83. The second kappa shape index (κ2) is 5.11. The highest BCUT2D eigenvalue weighted by Crippen LogP contribution is 2.20. The van der Waals surface area contributed by atoms with Crippen molar-refractivity contribution in [2.24, 2.45) is 5.92 Å². The van der Waals surface area contributed by atoms with Gasteiger partial charge in [0.05, 0.1) is 0 Å². The van der Waals surface area contributed by atoms with Crippen LogP contribution in [0, 0.1) is 19.8 Å². The van der Waals surface area contributed by atoms with E-state index in [1.807, 2.05) is 0 Å². The van der Waals surface area contributed by atoms with Crippen molar-refractivity contribution < 1.29 is 4.79 Å². The molecular weight excluding hydrogens is 184 g/mol. The Kier molecular flexibility index (Phi) is 4.07. The fraction of sp³-hybridized carbons (Fsp3) is 0.500. The van der Waals surface area contributed by atoms with Crippen LogP contribution in [0.1, 0.15) is 37.0 Å². The van der Waals surface area contributed by atoms with Crippen molar-refractivity contribution in [3.05, 3.63) is 34.9 Å². The summed E-state index contributed by atoms with van der Waals surface area (Å²) in [5.41, 5.74) is 3.95. The van der Waals surface area contributed by atoms with Gasteiger partial charge in [0.2, 0.25) is 0 Å². The van der Waals surface area contributed by atoms with Gasteiger partial charge in [0.1, 0.15) is 5.78 Å². The Morgan fingerprint density at radius 2 is 1.80 bits per heavy atom. The molecule has 0 bridgehead atoms. The lowest BCUT2D eigenvalue weighted by molar-refractivity contribution is -0.120. The first-order chi connectivity index (χ1) is 7.06. The van der Waals surface area contributed by atoms with Crippen molar-refractivity contribution in [2.75, 3.05) is 0 Å². The fourth-order valence-corrected chi connectivity index (χ4v) is 1.99. The minimum absolute atomic E-state index is 0.185. The van der Waals surface area contributed by atoms with Crippen LogP contribution < -0.4 is 0 Å². The summed E-state index contributed by atoms with van der Waals surface area (Å²) in [6, 6.07) is 6.31. The SMILES string of the molecule is CCC(Cc1c(C)cccc1C)C(C)=O. The summed E-state index contributed by atoms with van der Waals surface area (Å²) in [4.78, 5) is 11.4. The lowest BCUT2D eigenvalue weighted by atomic mass is 9.89. The molecule has 1 aromatic carbocycles. The first kappa shape index (κ1) is 12.0. The molecule has 0 heterocycles. The molecule has 0 aromatic heterocycles. The second-order valence-corrected chi connectivity index (χ2v) is 4.29. The Labute approximate surface area is 92.5 Å². The molecular formula is C14H20O. The van der Waals surface area contributed by atoms with Gasteiger partial charge in [-0.25, -0.2) is 0 Å². The Balaban J connectivity index is 2.92. The molecule has 0 amide bonds. The normalized spacial score (nSPS) is 12.5. The van der Waals surface area contributed by atoms with Crippen LogP contribution in [0.4, 0.5) is 0 Å². The molecule has 0 saturated carbocycles. The van der Waals surface area contributed by atoms with Gasteiger partial charge in [-0.2, -0.15) is 0 Å². The van der Waals surface area contributed by atoms with Crippen LogP contribution in [0.5, 0.6) is 0 Å². The third-order valence-corrected chi connectivity index (χ3v) is 3.16. The first-order valence-corrected chi connectivity index (χ1v) is 5.61. The Morgan fingerprint density at radius 1 is 1.27 bits per heavy atom. The molecule has 0 fully saturated rings. The largest absolute Gasteiger partial charge is 0.300 e. The zero-order chi connectivity index (χ0) is 11.4. The molecule has 0 aliphatic rings. The van der Waals surface area contributed by atoms with E-state index in [1.54, 1.807) is 6.92 Å². The van der Waals surface area contributed by atoms with E-state index in [0.29, 0.717) is 5.78 Å². The van der Waals surface area contributed by atoms with E-state index in [-0.39, 0.29) is 5.92 Å². The molecule has 82 valence electrons. The molecule has 1 rings (SSSR count). The van der Waals surface area contributed by atoms with Gasteiger partial charge < -0.3 is 0 Å². The number of benzene rings is 1. The maximum Gasteiger partial charge on any atom is 0.133 e. The van der Waals surface area contributed by atoms with E-state index in [0.717, 1.165) is 12.8 Å². The number of ketones is 1. The van der Waals surface area contributed by atoms with Crippen LogP contribution in [0.3, 0.4) is 0 Å². The van der Waals surface area contributed by atoms with Gasteiger partial charge in [-0.3, -0.25) is 4.79 Å². The Hall–Kier alpha value is -1.11. The number of aryl methyl sites for hydroxylation is 2. The average Bonchev–Trinajstić information content (AvgIpc) is 2.17. The topological polar surface area (TPSA) is 17.1 Å². The van der Waals surface area contributed by atoms with Crippen molar-refractivity contribution in [1.82, 2.24) is 0 Å². The van der Waals surface area contributed by atoms with E-state index >= 15 is 0 Å². The molecule has 1 atom stereocenters. The zero-order valence-corrected chi connectivity index (χ0v) is 10.1. The van der Waals surface area contributed by atoms with E-state index in [4.69, 9.17) is 0 Å². The maximum absolute atomic E-state index is 11.4. The minimum atomic E-state index is 0.185. The molecule has 0 N–H and O–H groups in total. The number of rotatable bonds is 4. The van der Waals surface area contributed by atoms with Crippen molar-refractivity contribution in [2.45, 2.75) is 40.5 Å². The first-order valence-electron chi connectivity index (χ1n) is 5.61. The molecule has 0 radical (unpaired) electrons. The number of carbonyl (C=O) groups is 1. The highest BCUT2D eigenvalue weighted by atomic mass is 16.1. The predicted molar refractivity (Wildman–Crippen MR) is 64.1 cm³/mol. The van der Waals surface area contributed by atoms with E-state index < -0.39 is 0 Å². The third kappa shape index (κ3) is 2.92. The van der Waals surface area contributed by atoms with E-state index in [2.05, 4.69) is 39.0 Å². The predicted octanol–water partition coefficient (Wildman–Crippen LogP) is 3.46. The smallest absolute Gasteiger partial charge is 0.133 e. The monoisotopic (exact) mass is 204 g/mol. The number of carbonyl (C=O) groups excluding carboxylic acids is 1. The van der Waals surface area contributed by atoms with Gasteiger partial charge in [-0.15, -0.1) is 0 Å². The van der Waals surface area contributed by atoms with E-state index in [9.17, 15) is 4.79 Å². The number of hydrogen-bond acceptors (Lipinski definition) is 1.